The summed E-state index contributed by atoms with van der Waals surface area (Å²) in [5.74, 6) is 0.787. The van der Waals surface area contributed by atoms with E-state index in [0.29, 0.717) is 12.5 Å². The highest BCUT2D eigenvalue weighted by molar-refractivity contribution is 7.90. The maximum absolute atomic E-state index is 12.4. The maximum atomic E-state index is 12.4. The molecule has 10 heteroatoms. The van der Waals surface area contributed by atoms with Crippen molar-refractivity contribution >= 4 is 16.3 Å². The van der Waals surface area contributed by atoms with Crippen molar-refractivity contribution in [1.82, 2.24) is 20.0 Å². The number of carbonyl (C=O) groups excluding carboxylic acids is 1. The summed E-state index contributed by atoms with van der Waals surface area (Å²) in [5.41, 5.74) is 1.89. The molecule has 2 aliphatic carbocycles. The summed E-state index contributed by atoms with van der Waals surface area (Å²) < 4.78 is 39.5. The highest BCUT2D eigenvalue weighted by Crippen LogP contribution is 2.38. The lowest BCUT2D eigenvalue weighted by Gasteiger charge is -2.35. The Morgan fingerprint density at radius 3 is 2.66 bits per heavy atom. The van der Waals surface area contributed by atoms with Gasteiger partial charge in [-0.2, -0.15) is 0 Å². The lowest BCUT2D eigenvalue weighted by molar-refractivity contribution is -0.109. The van der Waals surface area contributed by atoms with Gasteiger partial charge < -0.3 is 14.8 Å². The smallest absolute Gasteiger partial charge is 0.220 e. The molecule has 1 saturated heterocycles. The summed E-state index contributed by atoms with van der Waals surface area (Å²) in [6.07, 6.45) is 9.40. The third kappa shape index (κ3) is 5.84. The number of ether oxygens (including phenoxy) is 2. The van der Waals surface area contributed by atoms with Gasteiger partial charge in [-0.15, -0.1) is 0 Å². The minimum Gasteiger partial charge on any atom is -0.470 e. The van der Waals surface area contributed by atoms with Gasteiger partial charge >= 0.3 is 0 Å². The van der Waals surface area contributed by atoms with Crippen LogP contribution in [0.5, 0.6) is 5.88 Å². The number of carbonyl (C=O) groups is 1. The SMILES string of the molecule is Cc1ncnc(OCC=O)c1[C@H]1CC[C@@H](OC[C@@H]2NCCC[C@@H]2NS(=O)(=O)C2CC2)CC1. The van der Waals surface area contributed by atoms with Gasteiger partial charge in [-0.25, -0.2) is 23.1 Å². The molecule has 2 saturated carbocycles. The van der Waals surface area contributed by atoms with Crippen LogP contribution in [0.2, 0.25) is 0 Å². The Bertz CT molecular complexity index is 884. The Kier molecular flexibility index (Phi) is 7.75. The van der Waals surface area contributed by atoms with E-state index in [0.717, 1.165) is 75.5 Å². The van der Waals surface area contributed by atoms with E-state index in [9.17, 15) is 13.2 Å². The summed E-state index contributed by atoms with van der Waals surface area (Å²) in [7, 11) is -3.21. The van der Waals surface area contributed by atoms with Crippen LogP contribution in [0.15, 0.2) is 6.33 Å². The second kappa shape index (κ2) is 10.5. The van der Waals surface area contributed by atoms with Crippen LogP contribution in [-0.2, 0) is 19.6 Å². The van der Waals surface area contributed by atoms with E-state index in [4.69, 9.17) is 9.47 Å². The zero-order valence-corrected chi connectivity index (χ0v) is 19.5. The largest absolute Gasteiger partial charge is 0.470 e. The van der Waals surface area contributed by atoms with Crippen LogP contribution in [0.1, 0.15) is 68.5 Å². The molecule has 0 radical (unpaired) electrons. The number of nitrogens with zero attached hydrogens (tertiary/aromatic N) is 2. The molecule has 0 spiro atoms. The van der Waals surface area contributed by atoms with Crippen LogP contribution in [0, 0.1) is 6.92 Å². The van der Waals surface area contributed by atoms with Crippen molar-refractivity contribution in [1.29, 1.82) is 0 Å². The predicted octanol–water partition coefficient (Wildman–Crippen LogP) is 1.61. The van der Waals surface area contributed by atoms with E-state index in [1.807, 2.05) is 6.92 Å². The first-order valence-electron chi connectivity index (χ1n) is 11.7. The molecule has 9 nitrogen and oxygen atoms in total. The number of hydrogen-bond donors (Lipinski definition) is 2. The average molecular weight is 467 g/mol. The van der Waals surface area contributed by atoms with Crippen LogP contribution >= 0.6 is 0 Å². The molecule has 3 aliphatic rings. The van der Waals surface area contributed by atoms with Gasteiger partial charge in [-0.1, -0.05) is 0 Å². The van der Waals surface area contributed by atoms with Gasteiger partial charge in [-0.05, 0) is 70.8 Å². The summed E-state index contributed by atoms with van der Waals surface area (Å²) >= 11 is 0. The van der Waals surface area contributed by atoms with E-state index in [1.54, 1.807) is 0 Å². The third-order valence-electron chi connectivity index (χ3n) is 6.79. The molecule has 32 heavy (non-hydrogen) atoms. The molecule has 0 amide bonds. The number of aryl methyl sites for hydroxylation is 1. The van der Waals surface area contributed by atoms with Gasteiger partial charge in [0.15, 0.2) is 6.29 Å². The standard InChI is InChI=1S/C22H34N4O5S/c1-15-21(22(25-14-24-15)30-12-11-27)16-4-6-17(7-5-16)31-13-20-19(3-2-10-23-20)26-32(28,29)18-8-9-18/h11,14,16-20,23,26H,2-10,12-13H2,1H3/t16-,17+,19-,20-/m0/s1. The summed E-state index contributed by atoms with van der Waals surface area (Å²) in [5, 5.41) is 3.24. The number of piperidine rings is 1. The molecule has 3 fully saturated rings. The minimum atomic E-state index is -3.21. The molecule has 0 unspecified atom stereocenters. The van der Waals surface area contributed by atoms with Crippen molar-refractivity contribution in [2.45, 2.75) is 87.6 Å². The fourth-order valence-corrected chi connectivity index (χ4v) is 6.53. The number of rotatable bonds is 10. The number of aromatic nitrogens is 2. The fourth-order valence-electron chi connectivity index (χ4n) is 4.87. The molecule has 1 aromatic rings. The quantitative estimate of drug-likeness (QED) is 0.499. The van der Waals surface area contributed by atoms with Crippen molar-refractivity contribution in [2.24, 2.45) is 0 Å². The molecular formula is C22H34N4O5S. The van der Waals surface area contributed by atoms with Gasteiger partial charge in [0.25, 0.3) is 0 Å². The molecule has 0 aromatic carbocycles. The Balaban J connectivity index is 1.29. The minimum absolute atomic E-state index is 0.00288. The normalized spacial score (nSPS) is 28.9. The molecule has 1 aromatic heterocycles. The Hall–Kier alpha value is -1.62. The van der Waals surface area contributed by atoms with Crippen molar-refractivity contribution < 1.29 is 22.7 Å². The van der Waals surface area contributed by atoms with Gasteiger partial charge in [0, 0.05) is 23.3 Å². The van der Waals surface area contributed by atoms with E-state index in [-0.39, 0.29) is 36.0 Å². The predicted molar refractivity (Wildman–Crippen MR) is 119 cm³/mol. The molecule has 4 rings (SSSR count). The Morgan fingerprint density at radius 1 is 1.16 bits per heavy atom. The van der Waals surface area contributed by atoms with Crippen LogP contribution in [0.25, 0.3) is 0 Å². The zero-order chi connectivity index (χ0) is 22.6. The van der Waals surface area contributed by atoms with Crippen LogP contribution in [0.4, 0.5) is 0 Å². The van der Waals surface area contributed by atoms with Crippen molar-refractivity contribution in [3.63, 3.8) is 0 Å². The molecule has 0 bridgehead atoms. The number of sulfonamides is 1. The lowest BCUT2D eigenvalue weighted by atomic mass is 9.82. The molecule has 2 atom stereocenters. The van der Waals surface area contributed by atoms with Crippen LogP contribution in [-0.4, -0.2) is 67.9 Å². The van der Waals surface area contributed by atoms with E-state index in [1.165, 1.54) is 6.33 Å². The van der Waals surface area contributed by atoms with Gasteiger partial charge in [0.05, 0.1) is 18.0 Å². The number of nitrogens with one attached hydrogen (secondary N) is 2. The lowest BCUT2D eigenvalue weighted by Crippen LogP contribution is -2.56. The summed E-state index contributed by atoms with van der Waals surface area (Å²) in [6.45, 7) is 3.33. The molecule has 2 heterocycles. The van der Waals surface area contributed by atoms with Gasteiger partial charge in [0.1, 0.15) is 12.9 Å². The van der Waals surface area contributed by atoms with Crippen LogP contribution in [0.3, 0.4) is 0 Å². The molecule has 178 valence electrons. The summed E-state index contributed by atoms with van der Waals surface area (Å²) in [4.78, 5) is 19.3. The van der Waals surface area contributed by atoms with Crippen molar-refractivity contribution in [2.75, 3.05) is 19.8 Å². The highest BCUT2D eigenvalue weighted by Gasteiger charge is 2.39. The second-order valence-corrected chi connectivity index (χ2v) is 11.1. The first kappa shape index (κ1) is 23.5. The van der Waals surface area contributed by atoms with Gasteiger partial charge in [-0.3, -0.25) is 4.79 Å². The van der Waals surface area contributed by atoms with E-state index in [2.05, 4.69) is 20.0 Å². The first-order chi connectivity index (χ1) is 15.5. The zero-order valence-electron chi connectivity index (χ0n) is 18.7. The molecular weight excluding hydrogens is 432 g/mol. The fraction of sp³-hybridized carbons (Fsp3) is 0.773. The van der Waals surface area contributed by atoms with Crippen molar-refractivity contribution in [3.05, 3.63) is 17.6 Å². The number of hydrogen-bond acceptors (Lipinski definition) is 8. The maximum Gasteiger partial charge on any atom is 0.220 e. The van der Waals surface area contributed by atoms with Gasteiger partial charge in [0.2, 0.25) is 15.9 Å². The monoisotopic (exact) mass is 466 g/mol. The van der Waals surface area contributed by atoms with Crippen molar-refractivity contribution in [3.8, 4) is 5.88 Å². The second-order valence-electron chi connectivity index (χ2n) is 9.13. The number of aldehydes is 1. The summed E-state index contributed by atoms with van der Waals surface area (Å²) in [6, 6.07) is -0.101. The van der Waals surface area contributed by atoms with Crippen LogP contribution < -0.4 is 14.8 Å². The van der Waals surface area contributed by atoms with E-state index < -0.39 is 10.0 Å². The topological polar surface area (TPSA) is 120 Å². The highest BCUT2D eigenvalue weighted by atomic mass is 32.2. The average Bonchev–Trinajstić information content (AvgIpc) is 3.64. The van der Waals surface area contributed by atoms with E-state index >= 15 is 0 Å². The first-order valence-corrected chi connectivity index (χ1v) is 13.3. The molecule has 2 N–H and O–H groups in total. The third-order valence-corrected chi connectivity index (χ3v) is 8.77. The Labute approximate surface area is 190 Å². The Morgan fingerprint density at radius 2 is 1.94 bits per heavy atom. The molecule has 1 aliphatic heterocycles.